The molecule has 0 atom stereocenters. The fourth-order valence-electron chi connectivity index (χ4n) is 0.724. The molecule has 0 aromatic carbocycles. The lowest BCUT2D eigenvalue weighted by atomic mass is 10.5. The lowest BCUT2D eigenvalue weighted by Crippen LogP contribution is -2.04. The average molecular weight is 202 g/mol. The lowest BCUT2D eigenvalue weighted by molar-refractivity contribution is -0.132. The van der Waals surface area contributed by atoms with E-state index in [0.717, 1.165) is 0 Å². The number of carbonyl (C=O) groups is 1. The second-order valence-corrected chi connectivity index (χ2v) is 2.54. The van der Waals surface area contributed by atoms with E-state index < -0.39 is 5.97 Å². The normalized spacial score (nSPS) is 9.46. The van der Waals surface area contributed by atoms with Gasteiger partial charge in [0, 0.05) is 20.0 Å². The molecule has 1 aromatic rings. The van der Waals surface area contributed by atoms with Gasteiger partial charge in [-0.1, -0.05) is 0 Å². The van der Waals surface area contributed by atoms with E-state index in [1.165, 1.54) is 13.0 Å². The molecule has 0 aliphatic rings. The van der Waals surface area contributed by atoms with Crippen molar-refractivity contribution in [1.29, 1.82) is 0 Å². The van der Waals surface area contributed by atoms with E-state index in [4.69, 9.17) is 16.3 Å². The monoisotopic (exact) mass is 201 g/mol. The number of rotatable bonds is 2. The van der Waals surface area contributed by atoms with E-state index in [9.17, 15) is 4.79 Å². The van der Waals surface area contributed by atoms with E-state index in [1.54, 1.807) is 7.05 Å². The Morgan fingerprint density at radius 3 is 2.85 bits per heavy atom. The van der Waals surface area contributed by atoms with Gasteiger partial charge in [-0.15, -0.1) is 0 Å². The number of aromatic nitrogens is 2. The van der Waals surface area contributed by atoms with Crippen LogP contribution in [0.2, 0.25) is 5.28 Å². The van der Waals surface area contributed by atoms with E-state index in [-0.39, 0.29) is 11.2 Å². The van der Waals surface area contributed by atoms with Crippen molar-refractivity contribution in [2.24, 2.45) is 0 Å². The summed E-state index contributed by atoms with van der Waals surface area (Å²) in [5, 5.41) is 2.79. The number of nitrogens with zero attached hydrogens (tertiary/aromatic N) is 2. The summed E-state index contributed by atoms with van der Waals surface area (Å²) in [7, 11) is 1.68. The van der Waals surface area contributed by atoms with Crippen LogP contribution in [0.1, 0.15) is 6.92 Å². The van der Waals surface area contributed by atoms with Crippen molar-refractivity contribution in [1.82, 2.24) is 9.97 Å². The van der Waals surface area contributed by atoms with Crippen LogP contribution >= 0.6 is 11.6 Å². The highest BCUT2D eigenvalue weighted by atomic mass is 35.5. The first kappa shape index (κ1) is 9.73. The summed E-state index contributed by atoms with van der Waals surface area (Å²) in [6, 6.07) is 1.48. The fraction of sp³-hybridized carbons (Fsp3) is 0.286. The number of ether oxygens (including phenoxy) is 1. The van der Waals surface area contributed by atoms with Crippen molar-refractivity contribution in [3.8, 4) is 5.88 Å². The van der Waals surface area contributed by atoms with Crippen molar-refractivity contribution >= 4 is 23.4 Å². The number of hydrogen-bond acceptors (Lipinski definition) is 5. The molecule has 0 amide bonds. The molecule has 70 valence electrons. The average Bonchev–Trinajstić information content (AvgIpc) is 2.01. The molecule has 0 aliphatic carbocycles. The second kappa shape index (κ2) is 4.04. The molecule has 0 saturated carbocycles. The van der Waals surface area contributed by atoms with Gasteiger partial charge in [-0.3, -0.25) is 4.79 Å². The highest BCUT2D eigenvalue weighted by molar-refractivity contribution is 6.28. The van der Waals surface area contributed by atoms with Crippen LogP contribution in [0.4, 0.5) is 5.82 Å². The van der Waals surface area contributed by atoms with Crippen LogP contribution in [-0.2, 0) is 4.79 Å². The Balaban J connectivity index is 2.94. The number of esters is 1. The Hall–Kier alpha value is -1.36. The van der Waals surface area contributed by atoms with Gasteiger partial charge in [-0.25, -0.2) is 4.98 Å². The number of carbonyl (C=O) groups excluding carboxylic acids is 1. The van der Waals surface area contributed by atoms with Crippen LogP contribution in [0.5, 0.6) is 5.88 Å². The first-order valence-electron chi connectivity index (χ1n) is 3.52. The number of hydrogen-bond donors (Lipinski definition) is 1. The minimum atomic E-state index is -0.447. The molecule has 0 bridgehead atoms. The maximum atomic E-state index is 10.6. The van der Waals surface area contributed by atoms with Gasteiger partial charge >= 0.3 is 5.97 Å². The van der Waals surface area contributed by atoms with Gasteiger partial charge < -0.3 is 10.1 Å². The summed E-state index contributed by atoms with van der Waals surface area (Å²) < 4.78 is 4.72. The third-order valence-corrected chi connectivity index (χ3v) is 1.35. The topological polar surface area (TPSA) is 64.1 Å². The fourth-order valence-corrected chi connectivity index (χ4v) is 0.899. The zero-order valence-corrected chi connectivity index (χ0v) is 7.92. The summed E-state index contributed by atoms with van der Waals surface area (Å²) in [5.74, 6) is 0.185. The predicted octanol–water partition coefficient (Wildman–Crippen LogP) is 1.10. The highest BCUT2D eigenvalue weighted by Crippen LogP contribution is 2.15. The van der Waals surface area contributed by atoms with Gasteiger partial charge in [0.25, 0.3) is 0 Å². The van der Waals surface area contributed by atoms with Gasteiger partial charge in [0.05, 0.1) is 0 Å². The van der Waals surface area contributed by atoms with Gasteiger partial charge in [0.2, 0.25) is 11.2 Å². The number of nitrogens with one attached hydrogen (secondary N) is 1. The van der Waals surface area contributed by atoms with Crippen molar-refractivity contribution in [2.45, 2.75) is 6.92 Å². The SMILES string of the molecule is CNc1cc(OC(C)=O)nc(Cl)n1. The summed E-state index contributed by atoms with van der Waals surface area (Å²) in [6.45, 7) is 1.29. The molecule has 5 nitrogen and oxygen atoms in total. The van der Waals surface area contributed by atoms with Crippen LogP contribution in [0.15, 0.2) is 6.07 Å². The molecule has 1 heterocycles. The first-order valence-corrected chi connectivity index (χ1v) is 3.90. The molecule has 6 heteroatoms. The van der Waals surface area contributed by atoms with Crippen molar-refractivity contribution < 1.29 is 9.53 Å². The molecule has 0 radical (unpaired) electrons. The molecule has 1 rings (SSSR count). The minimum absolute atomic E-state index is 0.0306. The molecular formula is C7H8ClN3O2. The van der Waals surface area contributed by atoms with Crippen LogP contribution < -0.4 is 10.1 Å². The predicted molar refractivity (Wildman–Crippen MR) is 47.9 cm³/mol. The van der Waals surface area contributed by atoms with Crippen LogP contribution in [0.3, 0.4) is 0 Å². The molecule has 1 aromatic heterocycles. The Kier molecular flexibility index (Phi) is 3.02. The van der Waals surface area contributed by atoms with Crippen molar-refractivity contribution in [3.05, 3.63) is 11.3 Å². The van der Waals surface area contributed by atoms with Crippen LogP contribution in [-0.4, -0.2) is 23.0 Å². The maximum absolute atomic E-state index is 10.6. The van der Waals surface area contributed by atoms with E-state index in [1.807, 2.05) is 0 Å². The van der Waals surface area contributed by atoms with Crippen LogP contribution in [0.25, 0.3) is 0 Å². The molecule has 0 aliphatic heterocycles. The lowest BCUT2D eigenvalue weighted by Gasteiger charge is -2.02. The molecule has 13 heavy (non-hydrogen) atoms. The number of anilines is 1. The van der Waals surface area contributed by atoms with Gasteiger partial charge in [-0.05, 0) is 11.6 Å². The Morgan fingerprint density at radius 1 is 1.62 bits per heavy atom. The molecule has 1 N–H and O–H groups in total. The molecule has 0 unspecified atom stereocenters. The van der Waals surface area contributed by atoms with Gasteiger partial charge in [0.15, 0.2) is 0 Å². The summed E-state index contributed by atoms with van der Waals surface area (Å²) in [4.78, 5) is 18.1. The Morgan fingerprint density at radius 2 is 2.31 bits per heavy atom. The smallest absolute Gasteiger partial charge is 0.309 e. The maximum Gasteiger partial charge on any atom is 0.309 e. The number of halogens is 1. The van der Waals surface area contributed by atoms with Crippen LogP contribution in [0, 0.1) is 0 Å². The van der Waals surface area contributed by atoms with Crippen molar-refractivity contribution in [3.63, 3.8) is 0 Å². The molecule has 0 saturated heterocycles. The van der Waals surface area contributed by atoms with Crippen molar-refractivity contribution in [2.75, 3.05) is 12.4 Å². The highest BCUT2D eigenvalue weighted by Gasteiger charge is 2.04. The molecular weight excluding hydrogens is 194 g/mol. The minimum Gasteiger partial charge on any atom is -0.407 e. The molecule has 0 fully saturated rings. The first-order chi connectivity index (χ1) is 6.11. The standard InChI is InChI=1S/C7H8ClN3O2/c1-4(12)13-6-3-5(9-2)10-7(8)11-6/h3H,1-2H3,(H,9,10,11). The van der Waals surface area contributed by atoms with E-state index in [2.05, 4.69) is 15.3 Å². The molecule has 0 spiro atoms. The van der Waals surface area contributed by atoms with E-state index >= 15 is 0 Å². The third kappa shape index (κ3) is 2.87. The second-order valence-electron chi connectivity index (χ2n) is 2.20. The summed E-state index contributed by atoms with van der Waals surface area (Å²) in [5.41, 5.74) is 0. The summed E-state index contributed by atoms with van der Waals surface area (Å²) in [6.07, 6.45) is 0. The van der Waals surface area contributed by atoms with E-state index in [0.29, 0.717) is 5.82 Å². The zero-order chi connectivity index (χ0) is 9.84. The quantitative estimate of drug-likeness (QED) is 0.573. The summed E-state index contributed by atoms with van der Waals surface area (Å²) >= 11 is 5.56. The van der Waals surface area contributed by atoms with Gasteiger partial charge in [0.1, 0.15) is 5.82 Å². The largest absolute Gasteiger partial charge is 0.407 e. The Labute approximate surface area is 80.1 Å². The van der Waals surface area contributed by atoms with Gasteiger partial charge in [-0.2, -0.15) is 4.98 Å². The Bertz CT molecular complexity index is 330. The third-order valence-electron chi connectivity index (χ3n) is 1.18. The zero-order valence-electron chi connectivity index (χ0n) is 7.17.